The first-order valence-electron chi connectivity index (χ1n) is 11.1. The summed E-state index contributed by atoms with van der Waals surface area (Å²) in [5, 5.41) is 68.1. The molecule has 0 saturated heterocycles. The fourth-order valence-corrected chi connectivity index (χ4v) is 0.203. The van der Waals surface area contributed by atoms with Crippen LogP contribution < -0.4 is 0 Å². The van der Waals surface area contributed by atoms with E-state index in [-0.39, 0.29) is 65.4 Å². The maximum atomic E-state index is 9.82. The zero-order valence-electron chi connectivity index (χ0n) is 23.4. The van der Waals surface area contributed by atoms with Crippen LogP contribution >= 0.6 is 0 Å². The first-order valence-corrected chi connectivity index (χ1v) is 11.1. The van der Waals surface area contributed by atoms with Crippen molar-refractivity contribution in [3.8, 4) is 0 Å². The molecule has 33 heavy (non-hydrogen) atoms. The maximum Gasteiger partial charge on any atom is 0.302 e. The van der Waals surface area contributed by atoms with Crippen molar-refractivity contribution in [3.63, 3.8) is 0 Å². The van der Waals surface area contributed by atoms with Gasteiger partial charge in [0.1, 0.15) is 0 Å². The molecule has 0 aliphatic heterocycles. The van der Waals surface area contributed by atoms with E-state index in [2.05, 4.69) is 4.74 Å². The molecule has 0 rings (SSSR count). The molecule has 0 spiro atoms. The Labute approximate surface area is 204 Å². The van der Waals surface area contributed by atoms with Crippen molar-refractivity contribution < 1.29 is 55.5 Å². The fourth-order valence-electron chi connectivity index (χ4n) is 0.203. The molecule has 0 aliphatic rings. The summed E-state index contributed by atoms with van der Waals surface area (Å²) in [6.07, 6.45) is 0. The smallest absolute Gasteiger partial charge is 0.302 e. The van der Waals surface area contributed by atoms with Crippen molar-refractivity contribution in [2.45, 2.75) is 76.2 Å². The monoisotopic (exact) mass is 502 g/mol. The Bertz CT molecular complexity index is 137. The van der Waals surface area contributed by atoms with Gasteiger partial charge in [-0.3, -0.25) is 4.79 Å². The van der Waals surface area contributed by atoms with Crippen LogP contribution in [0, 0.1) is 0 Å². The first-order chi connectivity index (χ1) is 15.5. The highest BCUT2D eigenvalue weighted by atomic mass is 16.5. The Morgan fingerprint density at radius 2 is 0.515 bits per heavy atom. The second kappa shape index (κ2) is 164. The largest absolute Gasteiger partial charge is 0.466 e. The van der Waals surface area contributed by atoms with Crippen molar-refractivity contribution >= 4 is 5.97 Å². The van der Waals surface area contributed by atoms with Crippen molar-refractivity contribution in [2.24, 2.45) is 0 Å². The highest BCUT2D eigenvalue weighted by Gasteiger charge is 1.81. The van der Waals surface area contributed by atoms with E-state index < -0.39 is 0 Å². The molecule has 0 amide bonds. The summed E-state index contributed by atoms with van der Waals surface area (Å²) in [6, 6.07) is 0. The number of esters is 1. The highest BCUT2D eigenvalue weighted by molar-refractivity contribution is 5.65. The summed E-state index contributed by atoms with van der Waals surface area (Å²) in [5.41, 5.74) is 0. The molecule has 0 bridgehead atoms. The number of rotatable bonds is 1. The second-order valence-corrected chi connectivity index (χ2v) is 3.77. The minimum Gasteiger partial charge on any atom is -0.466 e. The van der Waals surface area contributed by atoms with Crippen molar-refractivity contribution in [3.05, 3.63) is 0 Å². The van der Waals surface area contributed by atoms with E-state index in [1.54, 1.807) is 69.2 Å². The lowest BCUT2D eigenvalue weighted by Gasteiger charge is -1.89. The van der Waals surface area contributed by atoms with E-state index in [9.17, 15) is 4.79 Å². The summed E-state index contributed by atoms with van der Waals surface area (Å²) in [5.74, 6) is -0.211. The fraction of sp³-hybridized carbons (Fsp3) is 0.955. The van der Waals surface area contributed by atoms with Crippen LogP contribution in [0.15, 0.2) is 0 Å². The van der Waals surface area contributed by atoms with E-state index in [0.717, 1.165) is 0 Å². The molecule has 0 radical (unpaired) electrons. The molecule has 0 aromatic heterocycles. The van der Waals surface area contributed by atoms with Gasteiger partial charge in [0.15, 0.2) is 0 Å². The van der Waals surface area contributed by atoms with Crippen molar-refractivity contribution in [1.29, 1.82) is 0 Å². The van der Waals surface area contributed by atoms with Crippen LogP contribution in [-0.4, -0.2) is 118 Å². The average molecular weight is 503 g/mol. The Balaban J connectivity index is -0.0000000226. The third-order valence-corrected chi connectivity index (χ3v) is 0.348. The van der Waals surface area contributed by atoms with Crippen LogP contribution in [0.25, 0.3) is 0 Å². The Morgan fingerprint density at radius 3 is 0.515 bits per heavy atom. The number of aliphatic hydroxyl groups excluding tert-OH is 9. The molecular weight excluding hydrogens is 440 g/mol. The summed E-state index contributed by atoms with van der Waals surface area (Å²) in [7, 11) is 0. The lowest BCUT2D eigenvalue weighted by atomic mass is 10.8. The van der Waals surface area contributed by atoms with E-state index in [0.29, 0.717) is 6.61 Å². The number of carbonyl (C=O) groups excluding carboxylic acids is 1. The van der Waals surface area contributed by atoms with Gasteiger partial charge in [-0.25, -0.2) is 0 Å². The molecular formula is C22H62O11. The molecule has 216 valence electrons. The molecule has 0 aromatic rings. The molecule has 0 fully saturated rings. The topological polar surface area (TPSA) is 208 Å². The van der Waals surface area contributed by atoms with Crippen LogP contribution in [-0.2, 0) is 9.53 Å². The molecule has 0 aromatic carbocycles. The third-order valence-electron chi connectivity index (χ3n) is 0.348. The highest BCUT2D eigenvalue weighted by Crippen LogP contribution is 1.69. The van der Waals surface area contributed by atoms with Crippen LogP contribution in [0.4, 0.5) is 0 Å². The van der Waals surface area contributed by atoms with E-state index >= 15 is 0 Å². The van der Waals surface area contributed by atoms with E-state index in [1.807, 2.05) is 0 Å². The zero-order valence-corrected chi connectivity index (χ0v) is 23.4. The first kappa shape index (κ1) is 63.6. The minimum absolute atomic E-state index is 0.211. The summed E-state index contributed by atoms with van der Waals surface area (Å²) in [6.45, 7) is 21.0. The van der Waals surface area contributed by atoms with Gasteiger partial charge in [0, 0.05) is 66.4 Å². The second-order valence-electron chi connectivity index (χ2n) is 3.77. The van der Waals surface area contributed by atoms with Gasteiger partial charge in [-0.1, -0.05) is 0 Å². The lowest BCUT2D eigenvalue weighted by molar-refractivity contribution is -0.140. The molecule has 0 heterocycles. The zero-order chi connectivity index (χ0) is 29.4. The molecule has 11 nitrogen and oxygen atoms in total. The summed E-state index contributed by atoms with van der Waals surface area (Å²) < 4.78 is 4.40. The van der Waals surface area contributed by atoms with Crippen molar-refractivity contribution in [1.82, 2.24) is 0 Å². The number of aliphatic hydroxyl groups is 9. The van der Waals surface area contributed by atoms with Crippen molar-refractivity contribution in [2.75, 3.05) is 66.1 Å². The summed E-state index contributed by atoms with van der Waals surface area (Å²) >= 11 is 0. The van der Waals surface area contributed by atoms with Gasteiger partial charge in [0.25, 0.3) is 0 Å². The SMILES string of the molecule is CCO.CCO.CCO.CCO.CCO.CCO.CCO.CCO.CCO.CCOC(C)=O. The van der Waals surface area contributed by atoms with E-state index in [4.69, 9.17) is 46.0 Å². The molecule has 0 unspecified atom stereocenters. The van der Waals surface area contributed by atoms with Gasteiger partial charge in [-0.15, -0.1) is 0 Å². The molecule has 9 N–H and O–H groups in total. The van der Waals surface area contributed by atoms with Crippen LogP contribution in [0.2, 0.25) is 0 Å². The maximum absolute atomic E-state index is 9.82. The Kier molecular flexibility index (Phi) is 316. The van der Waals surface area contributed by atoms with Crippen LogP contribution in [0.1, 0.15) is 76.2 Å². The average Bonchev–Trinajstić information content (AvgIpc) is 2.67. The predicted molar refractivity (Wildman–Crippen MR) is 137 cm³/mol. The number of carbonyl (C=O) groups is 1. The van der Waals surface area contributed by atoms with Gasteiger partial charge in [0.05, 0.1) is 6.61 Å². The number of hydrogen-bond acceptors (Lipinski definition) is 11. The Morgan fingerprint density at radius 1 is 0.424 bits per heavy atom. The van der Waals surface area contributed by atoms with Gasteiger partial charge in [-0.05, 0) is 69.2 Å². The quantitative estimate of drug-likeness (QED) is 0.226. The van der Waals surface area contributed by atoms with Crippen LogP contribution in [0.5, 0.6) is 0 Å². The number of hydrogen-bond donors (Lipinski definition) is 9. The number of ether oxygens (including phenoxy) is 1. The predicted octanol–water partition coefficient (Wildman–Crippen LogP) is 0.557. The molecule has 0 saturated carbocycles. The van der Waals surface area contributed by atoms with Gasteiger partial charge in [-0.2, -0.15) is 0 Å². The standard InChI is InChI=1S/C4H8O2.9C2H6O/c1-3-6-4(2)5;9*1-2-3/h3H2,1-2H3;9*3H,2H2,1H3. The lowest BCUT2D eigenvalue weighted by Crippen LogP contribution is -1.95. The van der Waals surface area contributed by atoms with Crippen LogP contribution in [0.3, 0.4) is 0 Å². The molecule has 11 heteroatoms. The molecule has 0 atom stereocenters. The van der Waals surface area contributed by atoms with Gasteiger partial charge >= 0.3 is 5.97 Å². The van der Waals surface area contributed by atoms with Gasteiger partial charge < -0.3 is 50.7 Å². The normalized spacial score (nSPS) is 6.30. The third kappa shape index (κ3) is 5920. The Hall–Kier alpha value is -0.890. The summed E-state index contributed by atoms with van der Waals surface area (Å²) in [4.78, 5) is 9.82. The minimum atomic E-state index is -0.211. The molecule has 0 aliphatic carbocycles. The van der Waals surface area contributed by atoms with E-state index in [1.165, 1.54) is 6.92 Å². The van der Waals surface area contributed by atoms with Gasteiger partial charge in [0.2, 0.25) is 0 Å².